The van der Waals surface area contributed by atoms with Crippen molar-refractivity contribution in [2.45, 2.75) is 63.7 Å². The molecule has 3 N–H and O–H groups in total. The largest absolute Gasteiger partial charge is 0.364 e. The summed E-state index contributed by atoms with van der Waals surface area (Å²) in [5, 5.41) is 3.12. The Hall–Kier alpha value is -0.610. The summed E-state index contributed by atoms with van der Waals surface area (Å²) in [7, 11) is 0. The molecule has 0 aromatic heterocycles. The standard InChI is InChI=1S/C13H24N2O2/c1-9-2-4-10(5-3-9)15-13(16)12-7-6-11(8-14)17-12/h9-12H,2-8,14H2,1H3,(H,15,16). The van der Waals surface area contributed by atoms with Crippen LogP contribution in [0.3, 0.4) is 0 Å². The van der Waals surface area contributed by atoms with Crippen LogP contribution in [0.25, 0.3) is 0 Å². The van der Waals surface area contributed by atoms with E-state index in [0.717, 1.165) is 31.6 Å². The van der Waals surface area contributed by atoms with Crippen molar-refractivity contribution in [1.29, 1.82) is 0 Å². The second-order valence-corrected chi connectivity index (χ2v) is 5.53. The second-order valence-electron chi connectivity index (χ2n) is 5.53. The zero-order chi connectivity index (χ0) is 12.3. The van der Waals surface area contributed by atoms with Crippen molar-refractivity contribution in [3.8, 4) is 0 Å². The number of hydrogen-bond acceptors (Lipinski definition) is 3. The summed E-state index contributed by atoms with van der Waals surface area (Å²) in [6.45, 7) is 2.80. The van der Waals surface area contributed by atoms with Gasteiger partial charge >= 0.3 is 0 Å². The third-order valence-electron chi connectivity index (χ3n) is 4.03. The summed E-state index contributed by atoms with van der Waals surface area (Å²) in [4.78, 5) is 12.0. The van der Waals surface area contributed by atoms with E-state index in [2.05, 4.69) is 12.2 Å². The fourth-order valence-electron chi connectivity index (χ4n) is 2.77. The zero-order valence-corrected chi connectivity index (χ0v) is 10.7. The van der Waals surface area contributed by atoms with Gasteiger partial charge < -0.3 is 15.8 Å². The van der Waals surface area contributed by atoms with Crippen LogP contribution in [0.15, 0.2) is 0 Å². The second kappa shape index (κ2) is 5.83. The van der Waals surface area contributed by atoms with Crippen LogP contribution in [0.4, 0.5) is 0 Å². The molecule has 2 aliphatic rings. The van der Waals surface area contributed by atoms with E-state index < -0.39 is 0 Å². The fourth-order valence-corrected chi connectivity index (χ4v) is 2.77. The lowest BCUT2D eigenvalue weighted by Gasteiger charge is -2.27. The van der Waals surface area contributed by atoms with Gasteiger partial charge in [0.15, 0.2) is 0 Å². The molecular weight excluding hydrogens is 216 g/mol. The lowest BCUT2D eigenvalue weighted by Crippen LogP contribution is -2.43. The van der Waals surface area contributed by atoms with E-state index >= 15 is 0 Å². The molecule has 2 atom stereocenters. The minimum atomic E-state index is -0.261. The molecule has 2 unspecified atom stereocenters. The molecule has 0 aromatic carbocycles. The number of nitrogens with one attached hydrogen (secondary N) is 1. The van der Waals surface area contributed by atoms with Gasteiger partial charge in [-0.25, -0.2) is 0 Å². The maximum atomic E-state index is 12.0. The van der Waals surface area contributed by atoms with Crippen LogP contribution in [0.2, 0.25) is 0 Å². The Morgan fingerprint density at radius 2 is 1.94 bits per heavy atom. The SMILES string of the molecule is CC1CCC(NC(=O)C2CCC(CN)O2)CC1. The lowest BCUT2D eigenvalue weighted by atomic mass is 9.87. The summed E-state index contributed by atoms with van der Waals surface area (Å²) in [5.74, 6) is 0.882. The maximum absolute atomic E-state index is 12.0. The number of hydrogen-bond donors (Lipinski definition) is 2. The van der Waals surface area contributed by atoms with E-state index in [1.165, 1.54) is 12.8 Å². The highest BCUT2D eigenvalue weighted by Gasteiger charge is 2.31. The molecule has 1 saturated heterocycles. The van der Waals surface area contributed by atoms with E-state index in [1.54, 1.807) is 0 Å². The van der Waals surface area contributed by atoms with Gasteiger partial charge in [0.25, 0.3) is 0 Å². The van der Waals surface area contributed by atoms with Gasteiger partial charge in [0.2, 0.25) is 5.91 Å². The van der Waals surface area contributed by atoms with E-state index in [0.29, 0.717) is 12.6 Å². The molecule has 17 heavy (non-hydrogen) atoms. The molecule has 1 amide bonds. The number of ether oxygens (including phenoxy) is 1. The molecule has 2 rings (SSSR count). The normalized spacial score (nSPS) is 38.0. The summed E-state index contributed by atoms with van der Waals surface area (Å²) >= 11 is 0. The van der Waals surface area contributed by atoms with Gasteiger partial charge in [-0.3, -0.25) is 4.79 Å². The Bertz CT molecular complexity index is 262. The highest BCUT2D eigenvalue weighted by Crippen LogP contribution is 2.24. The fraction of sp³-hybridized carbons (Fsp3) is 0.923. The van der Waals surface area contributed by atoms with Gasteiger partial charge in [-0.1, -0.05) is 6.92 Å². The minimum absolute atomic E-state index is 0.0699. The van der Waals surface area contributed by atoms with Crippen LogP contribution < -0.4 is 11.1 Å². The van der Waals surface area contributed by atoms with Crippen molar-refractivity contribution in [1.82, 2.24) is 5.32 Å². The third-order valence-corrected chi connectivity index (χ3v) is 4.03. The molecule has 0 bridgehead atoms. The average molecular weight is 240 g/mol. The summed E-state index contributed by atoms with van der Waals surface area (Å²) < 4.78 is 5.60. The van der Waals surface area contributed by atoms with Gasteiger partial charge in [-0.2, -0.15) is 0 Å². The topological polar surface area (TPSA) is 64.4 Å². The van der Waals surface area contributed by atoms with Crippen molar-refractivity contribution in [3.63, 3.8) is 0 Å². The van der Waals surface area contributed by atoms with Crippen molar-refractivity contribution < 1.29 is 9.53 Å². The maximum Gasteiger partial charge on any atom is 0.249 e. The molecule has 0 spiro atoms. The summed E-state index contributed by atoms with van der Waals surface area (Å²) in [6.07, 6.45) is 6.22. The first kappa shape index (κ1) is 12.8. The molecule has 4 nitrogen and oxygen atoms in total. The van der Waals surface area contributed by atoms with Crippen LogP contribution >= 0.6 is 0 Å². The Labute approximate surface area is 103 Å². The monoisotopic (exact) mass is 240 g/mol. The number of carbonyl (C=O) groups is 1. The highest BCUT2D eigenvalue weighted by molar-refractivity contribution is 5.81. The van der Waals surface area contributed by atoms with Crippen molar-refractivity contribution >= 4 is 5.91 Å². The Morgan fingerprint density at radius 3 is 2.53 bits per heavy atom. The molecule has 1 aliphatic carbocycles. The number of nitrogens with two attached hydrogens (primary N) is 1. The van der Waals surface area contributed by atoms with Crippen molar-refractivity contribution in [2.75, 3.05) is 6.54 Å². The van der Waals surface area contributed by atoms with E-state index in [9.17, 15) is 4.79 Å². The molecule has 1 heterocycles. The molecule has 1 saturated carbocycles. The smallest absolute Gasteiger partial charge is 0.249 e. The quantitative estimate of drug-likeness (QED) is 0.779. The molecule has 2 fully saturated rings. The minimum Gasteiger partial charge on any atom is -0.364 e. The first-order valence-electron chi connectivity index (χ1n) is 6.85. The molecule has 1 aliphatic heterocycles. The molecule has 4 heteroatoms. The summed E-state index contributed by atoms with van der Waals surface area (Å²) in [6, 6.07) is 0.360. The van der Waals surface area contributed by atoms with Crippen molar-refractivity contribution in [2.24, 2.45) is 11.7 Å². The third kappa shape index (κ3) is 3.42. The Kier molecular flexibility index (Phi) is 4.40. The van der Waals surface area contributed by atoms with E-state index in [1.807, 2.05) is 0 Å². The van der Waals surface area contributed by atoms with Gasteiger partial charge in [-0.05, 0) is 44.4 Å². The van der Waals surface area contributed by atoms with Crippen LogP contribution in [0.5, 0.6) is 0 Å². The molecule has 98 valence electrons. The van der Waals surface area contributed by atoms with Gasteiger partial charge in [0.05, 0.1) is 6.10 Å². The molecule has 0 aromatic rings. The predicted molar refractivity (Wildman–Crippen MR) is 66.5 cm³/mol. The van der Waals surface area contributed by atoms with E-state index in [4.69, 9.17) is 10.5 Å². The Morgan fingerprint density at radius 1 is 1.24 bits per heavy atom. The average Bonchev–Trinajstić information content (AvgIpc) is 2.81. The first-order chi connectivity index (χ1) is 8.19. The van der Waals surface area contributed by atoms with Crippen LogP contribution in [0, 0.1) is 5.92 Å². The van der Waals surface area contributed by atoms with Gasteiger partial charge in [-0.15, -0.1) is 0 Å². The highest BCUT2D eigenvalue weighted by atomic mass is 16.5. The van der Waals surface area contributed by atoms with Gasteiger partial charge in [0.1, 0.15) is 6.10 Å². The number of amides is 1. The lowest BCUT2D eigenvalue weighted by molar-refractivity contribution is -0.132. The van der Waals surface area contributed by atoms with Crippen molar-refractivity contribution in [3.05, 3.63) is 0 Å². The van der Waals surface area contributed by atoms with Crippen LogP contribution in [0.1, 0.15) is 45.4 Å². The molecular formula is C13H24N2O2. The summed E-state index contributed by atoms with van der Waals surface area (Å²) in [5.41, 5.74) is 5.54. The molecule has 0 radical (unpaired) electrons. The zero-order valence-electron chi connectivity index (χ0n) is 10.7. The predicted octanol–water partition coefficient (Wildman–Crippen LogP) is 1.19. The van der Waals surface area contributed by atoms with Gasteiger partial charge in [0, 0.05) is 12.6 Å². The first-order valence-corrected chi connectivity index (χ1v) is 6.85. The number of rotatable bonds is 3. The van der Waals surface area contributed by atoms with Crippen LogP contribution in [-0.4, -0.2) is 30.7 Å². The number of carbonyl (C=O) groups excluding carboxylic acids is 1. The van der Waals surface area contributed by atoms with E-state index in [-0.39, 0.29) is 18.1 Å². The Balaban J connectivity index is 1.74. The van der Waals surface area contributed by atoms with Crippen LogP contribution in [-0.2, 0) is 9.53 Å².